The van der Waals surface area contributed by atoms with Gasteiger partial charge in [-0.2, -0.15) is 0 Å². The Kier molecular flexibility index (Phi) is 5.35. The molecule has 0 aliphatic carbocycles. The zero-order chi connectivity index (χ0) is 19.4. The van der Waals surface area contributed by atoms with Gasteiger partial charge in [0.1, 0.15) is 18.6 Å². The fraction of sp³-hybridized carbons (Fsp3) is 0.333. The lowest BCUT2D eigenvalue weighted by atomic mass is 9.89. The molecule has 0 atom stereocenters. The van der Waals surface area contributed by atoms with Crippen molar-refractivity contribution in [3.8, 4) is 11.5 Å². The molecule has 0 radical (unpaired) electrons. The summed E-state index contributed by atoms with van der Waals surface area (Å²) in [6.07, 6.45) is 0. The Morgan fingerprint density at radius 3 is 2.37 bits per heavy atom. The minimum absolute atomic E-state index is 0.258. The van der Waals surface area contributed by atoms with E-state index < -0.39 is 5.41 Å². The summed E-state index contributed by atoms with van der Waals surface area (Å²) >= 11 is 0. The number of ether oxygens (including phenoxy) is 2. The molecule has 1 aliphatic heterocycles. The quantitative estimate of drug-likeness (QED) is 0.821. The fourth-order valence-electron chi connectivity index (χ4n) is 2.89. The van der Waals surface area contributed by atoms with Crippen LogP contribution in [0.3, 0.4) is 0 Å². The monoisotopic (exact) mass is 368 g/mol. The number of carbonyl (C=O) groups is 2. The van der Waals surface area contributed by atoms with Crippen LogP contribution in [-0.4, -0.2) is 31.6 Å². The van der Waals surface area contributed by atoms with Crippen molar-refractivity contribution in [3.63, 3.8) is 0 Å². The van der Waals surface area contributed by atoms with Crippen molar-refractivity contribution in [2.75, 3.05) is 30.0 Å². The van der Waals surface area contributed by atoms with E-state index in [0.29, 0.717) is 36.9 Å². The number of nitrogens with one attached hydrogen (secondary N) is 1. The molecule has 27 heavy (non-hydrogen) atoms. The summed E-state index contributed by atoms with van der Waals surface area (Å²) < 4.78 is 11.0. The minimum Gasteiger partial charge on any atom is -0.486 e. The van der Waals surface area contributed by atoms with E-state index in [1.807, 2.05) is 37.3 Å². The Hall–Kier alpha value is -3.02. The second kappa shape index (κ2) is 7.70. The molecule has 6 nitrogen and oxygen atoms in total. The Bertz CT molecular complexity index is 833. The molecule has 0 bridgehead atoms. The summed E-state index contributed by atoms with van der Waals surface area (Å²) in [5.74, 6) is 0.600. The van der Waals surface area contributed by atoms with Crippen LogP contribution < -0.4 is 19.7 Å². The Balaban J connectivity index is 1.77. The predicted molar refractivity (Wildman–Crippen MR) is 104 cm³/mol. The second-order valence-electron chi connectivity index (χ2n) is 6.82. The number of carbonyl (C=O) groups excluding carboxylic acids is 2. The molecule has 2 amide bonds. The third-order valence-corrected chi connectivity index (χ3v) is 4.53. The van der Waals surface area contributed by atoms with Gasteiger partial charge >= 0.3 is 0 Å². The van der Waals surface area contributed by atoms with Crippen molar-refractivity contribution in [1.82, 2.24) is 0 Å². The van der Waals surface area contributed by atoms with Crippen LogP contribution in [0.25, 0.3) is 0 Å². The SMILES string of the molecule is CCN(C(=O)C(C)(C)C(=O)Nc1ccc2c(c1)OCCO2)c1ccccc1. The van der Waals surface area contributed by atoms with Crippen molar-refractivity contribution in [1.29, 1.82) is 0 Å². The molecule has 0 unspecified atom stereocenters. The Morgan fingerprint density at radius 2 is 1.70 bits per heavy atom. The molecule has 0 fully saturated rings. The van der Waals surface area contributed by atoms with Gasteiger partial charge in [-0.3, -0.25) is 9.59 Å². The number of fused-ring (bicyclic) bond motifs is 1. The average molecular weight is 368 g/mol. The first-order chi connectivity index (χ1) is 12.9. The largest absolute Gasteiger partial charge is 0.486 e. The van der Waals surface area contributed by atoms with Crippen molar-refractivity contribution in [2.45, 2.75) is 20.8 Å². The summed E-state index contributed by atoms with van der Waals surface area (Å²) in [5, 5.41) is 2.82. The molecule has 0 saturated heterocycles. The van der Waals surface area contributed by atoms with E-state index in [2.05, 4.69) is 5.32 Å². The van der Waals surface area contributed by atoms with Gasteiger partial charge in [-0.05, 0) is 45.0 Å². The number of hydrogen-bond donors (Lipinski definition) is 1. The molecule has 6 heteroatoms. The lowest BCUT2D eigenvalue weighted by Gasteiger charge is -2.30. The zero-order valence-electron chi connectivity index (χ0n) is 15.8. The highest BCUT2D eigenvalue weighted by atomic mass is 16.6. The van der Waals surface area contributed by atoms with Crippen LogP contribution in [0.4, 0.5) is 11.4 Å². The maximum Gasteiger partial charge on any atom is 0.242 e. The first-order valence-corrected chi connectivity index (χ1v) is 9.01. The van der Waals surface area contributed by atoms with Crippen LogP contribution >= 0.6 is 0 Å². The highest BCUT2D eigenvalue weighted by Gasteiger charge is 2.39. The van der Waals surface area contributed by atoms with Gasteiger partial charge < -0.3 is 19.7 Å². The second-order valence-corrected chi connectivity index (χ2v) is 6.82. The minimum atomic E-state index is -1.24. The molecule has 0 spiro atoms. The molecular weight excluding hydrogens is 344 g/mol. The van der Waals surface area contributed by atoms with Crippen LogP contribution in [0, 0.1) is 5.41 Å². The van der Waals surface area contributed by atoms with Crippen LogP contribution in [0.2, 0.25) is 0 Å². The lowest BCUT2D eigenvalue weighted by Crippen LogP contribution is -2.47. The molecule has 2 aromatic carbocycles. The van der Waals surface area contributed by atoms with Gasteiger partial charge in [0, 0.05) is 24.0 Å². The third-order valence-electron chi connectivity index (χ3n) is 4.53. The summed E-state index contributed by atoms with van der Waals surface area (Å²) in [7, 11) is 0. The maximum atomic E-state index is 13.1. The molecule has 2 aromatic rings. The smallest absolute Gasteiger partial charge is 0.242 e. The highest BCUT2D eigenvalue weighted by Crippen LogP contribution is 2.33. The zero-order valence-corrected chi connectivity index (χ0v) is 15.8. The normalized spacial score (nSPS) is 13.0. The number of hydrogen-bond acceptors (Lipinski definition) is 4. The van der Waals surface area contributed by atoms with E-state index in [0.717, 1.165) is 5.69 Å². The number of benzene rings is 2. The van der Waals surface area contributed by atoms with Crippen molar-refractivity contribution in [3.05, 3.63) is 48.5 Å². The molecule has 0 saturated carbocycles. The van der Waals surface area contributed by atoms with Gasteiger partial charge in [-0.1, -0.05) is 18.2 Å². The summed E-state index contributed by atoms with van der Waals surface area (Å²) in [6.45, 7) is 6.61. The van der Waals surface area contributed by atoms with Gasteiger partial charge in [0.05, 0.1) is 0 Å². The van der Waals surface area contributed by atoms with Gasteiger partial charge in [0.2, 0.25) is 11.8 Å². The predicted octanol–water partition coefficient (Wildman–Crippen LogP) is 3.48. The number of rotatable bonds is 5. The van der Waals surface area contributed by atoms with Crippen molar-refractivity contribution in [2.24, 2.45) is 5.41 Å². The highest BCUT2D eigenvalue weighted by molar-refractivity contribution is 6.14. The lowest BCUT2D eigenvalue weighted by molar-refractivity contribution is -0.136. The van der Waals surface area contributed by atoms with Gasteiger partial charge in [-0.25, -0.2) is 0 Å². The fourth-order valence-corrected chi connectivity index (χ4v) is 2.89. The van der Waals surface area contributed by atoms with Crippen LogP contribution in [0.15, 0.2) is 48.5 Å². The summed E-state index contributed by atoms with van der Waals surface area (Å²) in [6, 6.07) is 14.5. The van der Waals surface area contributed by atoms with E-state index in [1.165, 1.54) is 0 Å². The summed E-state index contributed by atoms with van der Waals surface area (Å²) in [5.41, 5.74) is 0.0946. The Labute approximate surface area is 159 Å². The number of nitrogens with zero attached hydrogens (tertiary/aromatic N) is 1. The average Bonchev–Trinajstić information content (AvgIpc) is 2.69. The van der Waals surface area contributed by atoms with E-state index in [-0.39, 0.29) is 11.8 Å². The van der Waals surface area contributed by atoms with E-state index in [1.54, 1.807) is 36.9 Å². The van der Waals surface area contributed by atoms with E-state index >= 15 is 0 Å². The van der Waals surface area contributed by atoms with Gasteiger partial charge in [-0.15, -0.1) is 0 Å². The van der Waals surface area contributed by atoms with Gasteiger partial charge in [0.15, 0.2) is 11.5 Å². The number of amides is 2. The topological polar surface area (TPSA) is 67.9 Å². The summed E-state index contributed by atoms with van der Waals surface area (Å²) in [4.78, 5) is 27.6. The van der Waals surface area contributed by atoms with Crippen LogP contribution in [-0.2, 0) is 9.59 Å². The van der Waals surface area contributed by atoms with E-state index in [4.69, 9.17) is 9.47 Å². The molecule has 1 heterocycles. The van der Waals surface area contributed by atoms with Gasteiger partial charge in [0.25, 0.3) is 0 Å². The Morgan fingerprint density at radius 1 is 1.04 bits per heavy atom. The van der Waals surface area contributed by atoms with E-state index in [9.17, 15) is 9.59 Å². The molecule has 142 valence electrons. The van der Waals surface area contributed by atoms with Crippen molar-refractivity contribution < 1.29 is 19.1 Å². The first kappa shape index (κ1) is 18.8. The molecule has 0 aromatic heterocycles. The van der Waals surface area contributed by atoms with Crippen molar-refractivity contribution >= 4 is 23.2 Å². The van der Waals surface area contributed by atoms with Crippen LogP contribution in [0.5, 0.6) is 11.5 Å². The molecule has 1 N–H and O–H groups in total. The van der Waals surface area contributed by atoms with Crippen LogP contribution in [0.1, 0.15) is 20.8 Å². The maximum absolute atomic E-state index is 13.1. The third kappa shape index (κ3) is 3.89. The molecule has 3 rings (SSSR count). The number of anilines is 2. The first-order valence-electron chi connectivity index (χ1n) is 9.01. The molecule has 1 aliphatic rings. The standard InChI is InChI=1S/C21H24N2O4/c1-4-23(16-8-6-5-7-9-16)20(25)21(2,3)19(24)22-15-10-11-17-18(14-15)27-13-12-26-17/h5-11,14H,4,12-13H2,1-3H3,(H,22,24). The number of para-hydroxylation sites is 1. The molecular formula is C21H24N2O4.